The lowest BCUT2D eigenvalue weighted by Gasteiger charge is -2.49. The summed E-state index contributed by atoms with van der Waals surface area (Å²) in [5.74, 6) is -4.98. The molecular formula is C37H67NO13. The molecule has 4 unspecified atom stereocenters. The van der Waals surface area contributed by atoms with E-state index < -0.39 is 108 Å². The maximum atomic E-state index is 14.1. The Bertz CT molecular complexity index is 1170. The van der Waals surface area contributed by atoms with Crippen LogP contribution in [0, 0.1) is 23.7 Å². The summed E-state index contributed by atoms with van der Waals surface area (Å²) < 4.78 is 37.1. The van der Waals surface area contributed by atoms with Crippen LogP contribution in [0.3, 0.4) is 0 Å². The van der Waals surface area contributed by atoms with E-state index >= 15 is 0 Å². The van der Waals surface area contributed by atoms with Crippen molar-refractivity contribution in [2.24, 2.45) is 23.7 Å². The van der Waals surface area contributed by atoms with Crippen LogP contribution >= 0.6 is 0 Å². The van der Waals surface area contributed by atoms with Crippen LogP contribution in [-0.4, -0.2) is 148 Å². The maximum Gasteiger partial charge on any atom is 0.311 e. The zero-order valence-corrected chi connectivity index (χ0v) is 32.9. The molecule has 3 aliphatic heterocycles. The Morgan fingerprint density at radius 2 is 1.49 bits per heavy atom. The third-order valence-electron chi connectivity index (χ3n) is 11.8. The average Bonchev–Trinajstić information content (AvgIpc) is 3.05. The molecule has 3 rings (SSSR count). The van der Waals surface area contributed by atoms with Crippen LogP contribution in [0.15, 0.2) is 0 Å². The third-order valence-corrected chi connectivity index (χ3v) is 11.8. The van der Waals surface area contributed by atoms with Crippen LogP contribution in [-0.2, 0) is 38.0 Å². The highest BCUT2D eigenvalue weighted by Crippen LogP contribution is 2.40. The van der Waals surface area contributed by atoms with Gasteiger partial charge in [0.05, 0.1) is 47.6 Å². The second kappa shape index (κ2) is 17.0. The van der Waals surface area contributed by atoms with Gasteiger partial charge in [0.25, 0.3) is 0 Å². The number of ether oxygens (including phenoxy) is 6. The predicted molar refractivity (Wildman–Crippen MR) is 186 cm³/mol. The number of rotatable bonds is 7. The number of methoxy groups -OCH3 is 1. The Labute approximate surface area is 304 Å². The van der Waals surface area contributed by atoms with E-state index in [2.05, 4.69) is 0 Å². The van der Waals surface area contributed by atoms with Crippen molar-refractivity contribution in [3.8, 4) is 0 Å². The predicted octanol–water partition coefficient (Wildman–Crippen LogP) is 1.79. The van der Waals surface area contributed by atoms with Crippen molar-refractivity contribution < 1.29 is 63.5 Å². The van der Waals surface area contributed by atoms with E-state index in [1.165, 1.54) is 27.9 Å². The van der Waals surface area contributed by atoms with Gasteiger partial charge in [-0.15, -0.1) is 0 Å². The molecule has 0 spiro atoms. The molecule has 3 saturated heterocycles. The maximum absolute atomic E-state index is 14.1. The molecule has 3 aliphatic rings. The Morgan fingerprint density at radius 1 is 0.882 bits per heavy atom. The van der Waals surface area contributed by atoms with Gasteiger partial charge in [-0.3, -0.25) is 9.59 Å². The first kappa shape index (κ1) is 44.1. The van der Waals surface area contributed by atoms with Crippen LogP contribution in [0.1, 0.15) is 94.9 Å². The molecule has 51 heavy (non-hydrogen) atoms. The number of cyclic esters (lactones) is 1. The minimum Gasteiger partial charge on any atom is -0.459 e. The van der Waals surface area contributed by atoms with E-state index in [-0.39, 0.29) is 31.4 Å². The van der Waals surface area contributed by atoms with Crippen LogP contribution in [0.25, 0.3) is 0 Å². The van der Waals surface area contributed by atoms with E-state index in [1.54, 1.807) is 41.5 Å². The number of aliphatic hydroxyl groups is 5. The molecule has 18 atom stereocenters. The molecule has 5 N–H and O–H groups in total. The van der Waals surface area contributed by atoms with Gasteiger partial charge in [-0.2, -0.15) is 0 Å². The van der Waals surface area contributed by atoms with Crippen molar-refractivity contribution in [1.29, 1.82) is 0 Å². The standard InChI is InChI=1S/C37H67NO13/c1-14-25-37(10,45)30(41)20(4)27(39)18(2)16-35(8,44)32(51-34-28(40)24(38(11)12)15-19(3)47-34)21(5)29(22(6)33(43)49-25)50-26-17-36(9,46-13)31(42)23(7)48-26/h18-26,28-32,34,40-42,44-45H,14-17H2,1-13H3/t18-,19-,20+,21+,22-,23+,24+,25+,26?,28-,29?,30-,31?,32-,34?,35-,36-,37+/m1/s1. The molecule has 0 aromatic rings. The summed E-state index contributed by atoms with van der Waals surface area (Å²) in [7, 11) is 5.18. The Morgan fingerprint density at radius 3 is 2.04 bits per heavy atom. The number of nitrogens with zero attached hydrogens (tertiary/aromatic N) is 1. The number of hydrogen-bond donors (Lipinski definition) is 5. The summed E-state index contributed by atoms with van der Waals surface area (Å²) in [6, 6.07) is -0.324. The molecule has 0 bridgehead atoms. The molecule has 14 nitrogen and oxygen atoms in total. The van der Waals surface area contributed by atoms with E-state index in [4.69, 9.17) is 28.4 Å². The topological polar surface area (TPSA) is 194 Å². The molecule has 0 radical (unpaired) electrons. The number of ketones is 1. The molecule has 0 saturated carbocycles. The van der Waals surface area contributed by atoms with E-state index in [9.17, 15) is 35.1 Å². The second-order valence-electron chi connectivity index (χ2n) is 16.5. The number of Topliss-reactive ketones (excluding diaryl/α,β-unsaturated/α-hetero) is 1. The Kier molecular flexibility index (Phi) is 14.7. The summed E-state index contributed by atoms with van der Waals surface area (Å²) in [5, 5.41) is 57.6. The van der Waals surface area contributed by atoms with Gasteiger partial charge >= 0.3 is 5.97 Å². The number of aliphatic hydroxyl groups excluding tert-OH is 3. The van der Waals surface area contributed by atoms with Gasteiger partial charge in [-0.05, 0) is 74.9 Å². The van der Waals surface area contributed by atoms with Gasteiger partial charge < -0.3 is 58.9 Å². The fourth-order valence-corrected chi connectivity index (χ4v) is 8.41. The van der Waals surface area contributed by atoms with Gasteiger partial charge in [-0.1, -0.05) is 27.7 Å². The summed E-state index contributed by atoms with van der Waals surface area (Å²) >= 11 is 0. The van der Waals surface area contributed by atoms with Gasteiger partial charge in [-0.25, -0.2) is 0 Å². The van der Waals surface area contributed by atoms with E-state index in [1.807, 2.05) is 25.9 Å². The van der Waals surface area contributed by atoms with Crippen LogP contribution in [0.2, 0.25) is 0 Å². The third kappa shape index (κ3) is 9.51. The molecule has 14 heteroatoms. The fourth-order valence-electron chi connectivity index (χ4n) is 8.41. The molecule has 298 valence electrons. The molecule has 0 amide bonds. The number of carbonyl (C=O) groups excluding carboxylic acids is 2. The summed E-state index contributed by atoms with van der Waals surface area (Å²) in [6.45, 7) is 16.3. The molecule has 3 fully saturated rings. The zero-order chi connectivity index (χ0) is 39.0. The van der Waals surface area contributed by atoms with Crippen molar-refractivity contribution >= 4 is 11.8 Å². The monoisotopic (exact) mass is 733 g/mol. The highest BCUT2D eigenvalue weighted by Gasteiger charge is 2.53. The summed E-state index contributed by atoms with van der Waals surface area (Å²) in [6.07, 6.45) is -9.71. The smallest absolute Gasteiger partial charge is 0.311 e. The van der Waals surface area contributed by atoms with Crippen LogP contribution < -0.4 is 0 Å². The minimum atomic E-state index is -1.99. The lowest BCUT2D eigenvalue weighted by atomic mass is 9.74. The number of hydrogen-bond acceptors (Lipinski definition) is 14. The van der Waals surface area contributed by atoms with Crippen LogP contribution in [0.5, 0.6) is 0 Å². The first-order valence-electron chi connectivity index (χ1n) is 18.5. The van der Waals surface area contributed by atoms with Gasteiger partial charge in [0.15, 0.2) is 12.6 Å². The average molecular weight is 734 g/mol. The molecular weight excluding hydrogens is 666 g/mol. The van der Waals surface area contributed by atoms with Crippen molar-refractivity contribution in [1.82, 2.24) is 4.90 Å². The zero-order valence-electron chi connectivity index (χ0n) is 32.9. The Balaban J connectivity index is 2.18. The lowest BCUT2D eigenvalue weighted by molar-refractivity contribution is -0.318. The largest absolute Gasteiger partial charge is 0.459 e. The quantitative estimate of drug-likeness (QED) is 0.238. The first-order valence-corrected chi connectivity index (χ1v) is 18.5. The fraction of sp³-hybridized carbons (Fsp3) is 0.946. The van der Waals surface area contributed by atoms with E-state index in [0.717, 1.165) is 0 Å². The minimum absolute atomic E-state index is 0.0936. The van der Waals surface area contributed by atoms with Gasteiger partial charge in [0, 0.05) is 37.3 Å². The van der Waals surface area contributed by atoms with Crippen LogP contribution in [0.4, 0.5) is 0 Å². The molecule has 0 aromatic carbocycles. The van der Waals surface area contributed by atoms with Crippen molar-refractivity contribution in [3.05, 3.63) is 0 Å². The first-order chi connectivity index (χ1) is 23.4. The van der Waals surface area contributed by atoms with Gasteiger partial charge in [0.2, 0.25) is 0 Å². The van der Waals surface area contributed by atoms with Crippen molar-refractivity contribution in [3.63, 3.8) is 0 Å². The highest BCUT2D eigenvalue weighted by molar-refractivity contribution is 5.83. The van der Waals surface area contributed by atoms with Gasteiger partial charge in [0.1, 0.15) is 29.7 Å². The SMILES string of the molecule is CC[C@@H]1OC(=O)[C@H](C)C(OC2C[C@@](C)(OC)C(O)[C@H](C)O2)[C@H](C)[C@@H](OC2O[C@H](C)C[C@H](N(C)C)[C@H]2O)[C@](C)(O)C[C@@H](C)C(=O)[C@H](C)[C@@H](O)[C@@]1(C)O. The van der Waals surface area contributed by atoms with E-state index in [0.29, 0.717) is 6.42 Å². The number of esters is 1. The molecule has 3 heterocycles. The lowest BCUT2D eigenvalue weighted by Crippen LogP contribution is -2.61. The van der Waals surface area contributed by atoms with Crippen molar-refractivity contribution in [2.45, 2.75) is 179 Å². The summed E-state index contributed by atoms with van der Waals surface area (Å²) in [4.78, 5) is 29.8. The normalized spacial score (nSPS) is 49.7. The summed E-state index contributed by atoms with van der Waals surface area (Å²) in [5.41, 5.74) is -4.84. The Hall–Kier alpha value is -1.30. The molecule has 0 aliphatic carbocycles. The second-order valence-corrected chi connectivity index (χ2v) is 16.5. The number of carbonyl (C=O) groups is 2. The highest BCUT2D eigenvalue weighted by atomic mass is 16.7. The van der Waals surface area contributed by atoms with Crippen molar-refractivity contribution in [2.75, 3.05) is 21.2 Å². The number of likely N-dealkylation sites (N-methyl/N-ethyl adjacent to an activating group) is 1. The molecule has 0 aromatic heterocycles.